The fourth-order valence-electron chi connectivity index (χ4n) is 2.36. The number of morpholine rings is 1. The lowest BCUT2D eigenvalue weighted by molar-refractivity contribution is -0.117. The fraction of sp³-hybridized carbons (Fsp3) is 0.500. The molecule has 0 aliphatic carbocycles. The van der Waals surface area contributed by atoms with Gasteiger partial charge in [-0.2, -0.15) is 0 Å². The number of phenols is 1. The number of ether oxygens (including phenoxy) is 1. The predicted octanol–water partition coefficient (Wildman–Crippen LogP) is 2.25. The first-order valence-corrected chi connectivity index (χ1v) is 6.77. The summed E-state index contributed by atoms with van der Waals surface area (Å²) >= 11 is 5.84. The number of aromatic hydroxyl groups is 1. The van der Waals surface area contributed by atoms with Gasteiger partial charge in [-0.25, -0.2) is 0 Å². The molecule has 1 aliphatic heterocycles. The van der Waals surface area contributed by atoms with E-state index in [-0.39, 0.29) is 17.8 Å². The molecule has 1 aromatic rings. The normalized spacial score (nSPS) is 22.3. The van der Waals surface area contributed by atoms with Gasteiger partial charge in [-0.3, -0.25) is 4.79 Å². The second kappa shape index (κ2) is 5.39. The molecular weight excluding hydrogens is 266 g/mol. The van der Waals surface area contributed by atoms with Gasteiger partial charge in [0.1, 0.15) is 5.75 Å². The summed E-state index contributed by atoms with van der Waals surface area (Å²) in [6.45, 7) is 4.78. The summed E-state index contributed by atoms with van der Waals surface area (Å²) in [5.74, 6) is 0.150. The van der Waals surface area contributed by atoms with E-state index >= 15 is 0 Å². The van der Waals surface area contributed by atoms with Gasteiger partial charge in [-0.15, -0.1) is 11.6 Å². The SMILES string of the molecule is CC1(C)CN(C(=O)c2ccccc2O)CC(CCl)O1. The average molecular weight is 284 g/mol. The number of amides is 1. The number of benzene rings is 1. The number of nitrogens with zero attached hydrogens (tertiary/aromatic N) is 1. The van der Waals surface area contributed by atoms with Crippen LogP contribution in [0.4, 0.5) is 0 Å². The number of carbonyl (C=O) groups excluding carboxylic acids is 1. The molecule has 1 atom stereocenters. The van der Waals surface area contributed by atoms with E-state index in [1.807, 2.05) is 13.8 Å². The summed E-state index contributed by atoms with van der Waals surface area (Å²) in [5, 5.41) is 9.76. The maximum Gasteiger partial charge on any atom is 0.257 e. The Bertz CT molecular complexity index is 476. The van der Waals surface area contributed by atoms with Crippen LogP contribution in [0.25, 0.3) is 0 Å². The summed E-state index contributed by atoms with van der Waals surface area (Å²) in [7, 11) is 0. The molecule has 1 aromatic carbocycles. The first-order valence-electron chi connectivity index (χ1n) is 6.24. The molecule has 1 amide bonds. The second-order valence-electron chi connectivity index (χ2n) is 5.36. The van der Waals surface area contributed by atoms with E-state index < -0.39 is 5.60 Å². The van der Waals surface area contributed by atoms with Gasteiger partial charge in [0.05, 0.1) is 23.1 Å². The highest BCUT2D eigenvalue weighted by molar-refractivity contribution is 6.18. The number of halogens is 1. The third-order valence-corrected chi connectivity index (χ3v) is 3.42. The molecule has 1 unspecified atom stereocenters. The number of alkyl halides is 1. The zero-order valence-corrected chi connectivity index (χ0v) is 11.9. The third-order valence-electron chi connectivity index (χ3n) is 3.08. The molecule has 1 fully saturated rings. The quantitative estimate of drug-likeness (QED) is 0.847. The Hall–Kier alpha value is -1.26. The van der Waals surface area contributed by atoms with E-state index in [0.717, 1.165) is 0 Å². The van der Waals surface area contributed by atoms with Crippen molar-refractivity contribution in [3.05, 3.63) is 29.8 Å². The number of carbonyl (C=O) groups is 1. The van der Waals surface area contributed by atoms with Crippen molar-refractivity contribution in [2.75, 3.05) is 19.0 Å². The molecule has 0 aromatic heterocycles. The van der Waals surface area contributed by atoms with Gasteiger partial charge in [0.15, 0.2) is 0 Å². The highest BCUT2D eigenvalue weighted by Gasteiger charge is 2.35. The lowest BCUT2D eigenvalue weighted by Crippen LogP contribution is -2.55. The van der Waals surface area contributed by atoms with Crippen LogP contribution in [0.2, 0.25) is 0 Å². The molecule has 1 aliphatic rings. The van der Waals surface area contributed by atoms with Gasteiger partial charge in [-0.05, 0) is 26.0 Å². The van der Waals surface area contributed by atoms with Crippen LogP contribution in [0.1, 0.15) is 24.2 Å². The van der Waals surface area contributed by atoms with E-state index in [1.165, 1.54) is 6.07 Å². The Morgan fingerprint density at radius 1 is 1.53 bits per heavy atom. The van der Waals surface area contributed by atoms with Crippen LogP contribution in [-0.4, -0.2) is 46.6 Å². The van der Waals surface area contributed by atoms with Gasteiger partial charge in [0, 0.05) is 13.1 Å². The van der Waals surface area contributed by atoms with Gasteiger partial charge in [0.25, 0.3) is 5.91 Å². The molecule has 2 rings (SSSR count). The van der Waals surface area contributed by atoms with Gasteiger partial charge >= 0.3 is 0 Å². The molecular formula is C14H18ClNO3. The number of hydrogen-bond acceptors (Lipinski definition) is 3. The van der Waals surface area contributed by atoms with Crippen LogP contribution in [0.15, 0.2) is 24.3 Å². The van der Waals surface area contributed by atoms with Crippen LogP contribution in [0.3, 0.4) is 0 Å². The Kier molecular flexibility index (Phi) is 4.02. The van der Waals surface area contributed by atoms with Crippen molar-refractivity contribution in [3.8, 4) is 5.75 Å². The van der Waals surface area contributed by atoms with Crippen LogP contribution in [-0.2, 0) is 4.74 Å². The monoisotopic (exact) mass is 283 g/mol. The standard InChI is InChI=1S/C14H18ClNO3/c1-14(2)9-16(8-10(7-15)19-14)13(18)11-5-3-4-6-12(11)17/h3-6,10,17H,7-9H2,1-2H3. The highest BCUT2D eigenvalue weighted by atomic mass is 35.5. The number of hydrogen-bond donors (Lipinski definition) is 1. The minimum atomic E-state index is -0.433. The molecule has 1 saturated heterocycles. The number of para-hydroxylation sites is 1. The molecule has 4 nitrogen and oxygen atoms in total. The molecule has 0 bridgehead atoms. The van der Waals surface area contributed by atoms with Crippen molar-refractivity contribution < 1.29 is 14.6 Å². The van der Waals surface area contributed by atoms with Crippen LogP contribution >= 0.6 is 11.6 Å². The smallest absolute Gasteiger partial charge is 0.257 e. The zero-order chi connectivity index (χ0) is 14.0. The Labute approximate surface area is 117 Å². The summed E-state index contributed by atoms with van der Waals surface area (Å²) in [4.78, 5) is 14.1. The molecule has 0 radical (unpaired) electrons. The summed E-state index contributed by atoms with van der Waals surface area (Å²) in [6, 6.07) is 6.56. The average Bonchev–Trinajstić information content (AvgIpc) is 2.36. The van der Waals surface area contributed by atoms with Crippen molar-refractivity contribution in [2.45, 2.75) is 25.6 Å². The molecule has 1 heterocycles. The molecule has 104 valence electrons. The van der Waals surface area contributed by atoms with E-state index in [0.29, 0.717) is 24.5 Å². The van der Waals surface area contributed by atoms with E-state index in [4.69, 9.17) is 16.3 Å². The van der Waals surface area contributed by atoms with Crippen LogP contribution < -0.4 is 0 Å². The van der Waals surface area contributed by atoms with Gasteiger partial charge in [0.2, 0.25) is 0 Å². The van der Waals surface area contributed by atoms with Crippen molar-refractivity contribution in [1.82, 2.24) is 4.90 Å². The Morgan fingerprint density at radius 3 is 2.84 bits per heavy atom. The minimum absolute atomic E-state index is 0.000721. The second-order valence-corrected chi connectivity index (χ2v) is 5.67. The maximum atomic E-state index is 12.4. The van der Waals surface area contributed by atoms with E-state index in [1.54, 1.807) is 23.1 Å². The van der Waals surface area contributed by atoms with E-state index in [2.05, 4.69) is 0 Å². The Morgan fingerprint density at radius 2 is 2.21 bits per heavy atom. The van der Waals surface area contributed by atoms with Gasteiger partial charge in [-0.1, -0.05) is 12.1 Å². The zero-order valence-electron chi connectivity index (χ0n) is 11.1. The van der Waals surface area contributed by atoms with Crippen molar-refractivity contribution >= 4 is 17.5 Å². The summed E-state index contributed by atoms with van der Waals surface area (Å²) < 4.78 is 5.78. The predicted molar refractivity (Wildman–Crippen MR) is 73.7 cm³/mol. The fourth-order valence-corrected chi connectivity index (χ4v) is 2.52. The molecule has 19 heavy (non-hydrogen) atoms. The molecule has 0 saturated carbocycles. The van der Waals surface area contributed by atoms with Gasteiger partial charge < -0.3 is 14.7 Å². The minimum Gasteiger partial charge on any atom is -0.507 e. The van der Waals surface area contributed by atoms with Crippen LogP contribution in [0, 0.1) is 0 Å². The lowest BCUT2D eigenvalue weighted by atomic mass is 10.0. The number of phenolic OH excluding ortho intramolecular Hbond substituents is 1. The molecule has 1 N–H and O–H groups in total. The Balaban J connectivity index is 2.21. The van der Waals surface area contributed by atoms with Crippen molar-refractivity contribution in [1.29, 1.82) is 0 Å². The highest BCUT2D eigenvalue weighted by Crippen LogP contribution is 2.25. The maximum absolute atomic E-state index is 12.4. The lowest BCUT2D eigenvalue weighted by Gasteiger charge is -2.42. The number of rotatable bonds is 2. The largest absolute Gasteiger partial charge is 0.507 e. The van der Waals surface area contributed by atoms with Crippen molar-refractivity contribution in [2.24, 2.45) is 0 Å². The van der Waals surface area contributed by atoms with E-state index in [9.17, 15) is 9.90 Å². The topological polar surface area (TPSA) is 49.8 Å². The molecule has 5 heteroatoms. The third kappa shape index (κ3) is 3.19. The molecule has 0 spiro atoms. The first kappa shape index (κ1) is 14.2. The first-order chi connectivity index (χ1) is 8.93. The summed E-state index contributed by atoms with van der Waals surface area (Å²) in [5.41, 5.74) is -0.119. The summed E-state index contributed by atoms with van der Waals surface area (Å²) in [6.07, 6.45) is -0.180. The van der Waals surface area contributed by atoms with Crippen molar-refractivity contribution in [3.63, 3.8) is 0 Å². The van der Waals surface area contributed by atoms with Crippen LogP contribution in [0.5, 0.6) is 5.75 Å².